The molecule has 17 heteroatoms. The van der Waals surface area contributed by atoms with Crippen molar-refractivity contribution in [2.75, 3.05) is 5.73 Å². The summed E-state index contributed by atoms with van der Waals surface area (Å²) in [5.74, 6) is 0. The van der Waals surface area contributed by atoms with E-state index >= 15 is 0 Å². The first-order chi connectivity index (χ1) is 20.1. The van der Waals surface area contributed by atoms with Crippen molar-refractivity contribution in [2.45, 2.75) is 14.7 Å². The summed E-state index contributed by atoms with van der Waals surface area (Å²) in [6.45, 7) is 0. The fraction of sp³-hybridized carbons (Fsp3) is 0. The topological polar surface area (TPSA) is 239 Å². The van der Waals surface area contributed by atoms with Crippen LogP contribution in [-0.4, -0.2) is 38.9 Å². The molecular formula is C26H19N5O9S3. The van der Waals surface area contributed by atoms with Crippen LogP contribution in [0.25, 0.3) is 21.5 Å². The normalized spacial score (nSPS) is 13.0. The van der Waals surface area contributed by atoms with Crippen LogP contribution >= 0.6 is 0 Å². The minimum Gasteiger partial charge on any atom is -0.398 e. The lowest BCUT2D eigenvalue weighted by Crippen LogP contribution is -2.01. The van der Waals surface area contributed by atoms with Crippen LogP contribution in [0.3, 0.4) is 0 Å². The highest BCUT2D eigenvalue weighted by Crippen LogP contribution is 2.39. The van der Waals surface area contributed by atoms with Gasteiger partial charge >= 0.3 is 0 Å². The van der Waals surface area contributed by atoms with E-state index in [2.05, 4.69) is 20.5 Å². The molecule has 0 saturated heterocycles. The van der Waals surface area contributed by atoms with Gasteiger partial charge < -0.3 is 5.73 Å². The Labute approximate surface area is 244 Å². The summed E-state index contributed by atoms with van der Waals surface area (Å²) in [5.41, 5.74) is 6.33. The molecule has 0 aliphatic carbocycles. The molecule has 0 bridgehead atoms. The van der Waals surface area contributed by atoms with Crippen LogP contribution in [0, 0.1) is 0 Å². The standard InChI is InChI=1S/C26H19N5O9S3/c27-19-10-11-21(17-4-3-7-25(26(17)19)43(38,39)40)29-28-20-12-13-22(18-14-15(41(32,33)34)8-9-16(18)20)30-31-23-5-1-2-6-24(23)42(35,36)37/h1-14H,27H2,(H,32,33,34)(H,35,36,37)(H,38,39,40). The van der Waals surface area contributed by atoms with E-state index in [9.17, 15) is 38.9 Å². The van der Waals surface area contributed by atoms with Gasteiger partial charge in [-0.1, -0.05) is 30.3 Å². The number of fused-ring (bicyclic) bond motifs is 2. The fourth-order valence-corrected chi connectivity index (χ4v) is 6.16. The van der Waals surface area contributed by atoms with Gasteiger partial charge in [-0.2, -0.15) is 25.3 Å². The molecule has 0 spiro atoms. The molecule has 0 unspecified atom stereocenters. The Morgan fingerprint density at radius 2 is 1.02 bits per heavy atom. The van der Waals surface area contributed by atoms with E-state index in [1.807, 2.05) is 0 Å². The van der Waals surface area contributed by atoms with Crippen molar-refractivity contribution in [3.8, 4) is 0 Å². The summed E-state index contributed by atoms with van der Waals surface area (Å²) in [4.78, 5) is -1.38. The van der Waals surface area contributed by atoms with Gasteiger partial charge in [0.1, 0.15) is 15.5 Å². The molecule has 14 nitrogen and oxygen atoms in total. The van der Waals surface area contributed by atoms with Crippen LogP contribution in [0.2, 0.25) is 0 Å². The highest BCUT2D eigenvalue weighted by Gasteiger charge is 2.19. The second-order valence-electron chi connectivity index (χ2n) is 8.96. The Bertz CT molecular complexity index is 2340. The summed E-state index contributed by atoms with van der Waals surface area (Å²) in [5, 5.41) is 17.2. The predicted octanol–water partition coefficient (Wildman–Crippen LogP) is 6.15. The van der Waals surface area contributed by atoms with Crippen molar-refractivity contribution in [1.82, 2.24) is 0 Å². The summed E-state index contributed by atoms with van der Waals surface area (Å²) in [6, 6.07) is 18.7. The fourth-order valence-electron chi connectivity index (χ4n) is 4.29. The van der Waals surface area contributed by atoms with Gasteiger partial charge in [0.25, 0.3) is 30.4 Å². The molecule has 0 heterocycles. The molecule has 5 N–H and O–H groups in total. The molecule has 43 heavy (non-hydrogen) atoms. The lowest BCUT2D eigenvalue weighted by Gasteiger charge is -2.09. The zero-order valence-corrected chi connectivity index (χ0v) is 23.9. The number of nitrogen functional groups attached to an aromatic ring is 1. The maximum Gasteiger partial charge on any atom is 0.296 e. The van der Waals surface area contributed by atoms with Gasteiger partial charge in [0.15, 0.2) is 0 Å². The average molecular weight is 642 g/mol. The van der Waals surface area contributed by atoms with Gasteiger partial charge in [-0.15, -0.1) is 20.5 Å². The summed E-state index contributed by atoms with van der Waals surface area (Å²) < 4.78 is 99.7. The van der Waals surface area contributed by atoms with Crippen LogP contribution in [0.1, 0.15) is 0 Å². The molecule has 0 aromatic heterocycles. The molecule has 0 radical (unpaired) electrons. The predicted molar refractivity (Wildman–Crippen MR) is 157 cm³/mol. The van der Waals surface area contributed by atoms with Crippen molar-refractivity contribution in [2.24, 2.45) is 20.5 Å². The molecule has 0 saturated carbocycles. The molecule has 220 valence electrons. The Morgan fingerprint density at radius 1 is 0.488 bits per heavy atom. The van der Waals surface area contributed by atoms with Crippen LogP contribution in [-0.2, 0) is 30.4 Å². The van der Waals surface area contributed by atoms with E-state index in [1.165, 1.54) is 60.7 Å². The van der Waals surface area contributed by atoms with Gasteiger partial charge in [0.2, 0.25) is 0 Å². The zero-order valence-electron chi connectivity index (χ0n) is 21.5. The monoisotopic (exact) mass is 641 g/mol. The number of nitrogens with two attached hydrogens (primary N) is 1. The van der Waals surface area contributed by atoms with Crippen LogP contribution < -0.4 is 5.73 Å². The molecule has 0 atom stereocenters. The quantitative estimate of drug-likeness (QED) is 0.0898. The number of benzene rings is 5. The van der Waals surface area contributed by atoms with Gasteiger partial charge in [-0.05, 0) is 54.6 Å². The zero-order chi connectivity index (χ0) is 31.2. The smallest absolute Gasteiger partial charge is 0.296 e. The van der Waals surface area contributed by atoms with Gasteiger partial charge in [-0.25, -0.2) is 0 Å². The highest BCUT2D eigenvalue weighted by molar-refractivity contribution is 7.86. The van der Waals surface area contributed by atoms with Crippen molar-refractivity contribution >= 4 is 80.3 Å². The molecule has 0 aliphatic heterocycles. The number of hydrogen-bond acceptors (Lipinski definition) is 11. The minimum absolute atomic E-state index is 0.0463. The van der Waals surface area contributed by atoms with Crippen molar-refractivity contribution in [1.29, 1.82) is 0 Å². The summed E-state index contributed by atoms with van der Waals surface area (Å²) >= 11 is 0. The first-order valence-corrected chi connectivity index (χ1v) is 16.2. The lowest BCUT2D eigenvalue weighted by atomic mass is 10.1. The summed E-state index contributed by atoms with van der Waals surface area (Å²) in [6.07, 6.45) is 0. The SMILES string of the molecule is Nc1ccc(N=Nc2ccc(N=Nc3ccccc3S(=O)(=O)O)c3cc(S(=O)(=O)O)ccc23)c2cccc(S(=O)(=O)O)c12. The molecular weight excluding hydrogens is 623 g/mol. The number of azo groups is 2. The minimum atomic E-state index is -4.64. The maximum absolute atomic E-state index is 11.9. The number of anilines is 1. The molecule has 0 aliphatic rings. The largest absolute Gasteiger partial charge is 0.398 e. The number of rotatable bonds is 7. The highest BCUT2D eigenvalue weighted by atomic mass is 32.2. The average Bonchev–Trinajstić information content (AvgIpc) is 2.94. The third-order valence-corrected chi connectivity index (χ3v) is 8.85. The van der Waals surface area contributed by atoms with Crippen molar-refractivity contribution in [3.63, 3.8) is 0 Å². The second-order valence-corrected chi connectivity index (χ2v) is 13.2. The first-order valence-electron chi connectivity index (χ1n) is 11.9. The Balaban J connectivity index is 1.67. The molecule has 0 fully saturated rings. The molecule has 5 rings (SSSR count). The Kier molecular flexibility index (Phi) is 7.55. The number of nitrogens with zero attached hydrogens (tertiary/aromatic N) is 4. The molecule has 5 aromatic carbocycles. The van der Waals surface area contributed by atoms with E-state index in [1.54, 1.807) is 6.07 Å². The van der Waals surface area contributed by atoms with Crippen molar-refractivity contribution < 1.29 is 38.9 Å². The second kappa shape index (κ2) is 10.9. The first kappa shape index (κ1) is 29.8. The van der Waals surface area contributed by atoms with E-state index in [0.717, 1.165) is 18.2 Å². The maximum atomic E-state index is 11.9. The van der Waals surface area contributed by atoms with E-state index in [-0.39, 0.29) is 44.6 Å². The third-order valence-electron chi connectivity index (χ3n) is 6.20. The van der Waals surface area contributed by atoms with Gasteiger partial charge in [0.05, 0.1) is 22.0 Å². The lowest BCUT2D eigenvalue weighted by molar-refractivity contribution is 0.481. The number of hydrogen-bond donors (Lipinski definition) is 4. The molecule has 5 aromatic rings. The van der Waals surface area contributed by atoms with Crippen LogP contribution in [0.4, 0.5) is 28.4 Å². The van der Waals surface area contributed by atoms with Crippen LogP contribution in [0.5, 0.6) is 0 Å². The van der Waals surface area contributed by atoms with Gasteiger partial charge in [-0.3, -0.25) is 13.7 Å². The summed E-state index contributed by atoms with van der Waals surface area (Å²) in [7, 11) is -13.9. The van der Waals surface area contributed by atoms with E-state index in [0.29, 0.717) is 5.39 Å². The van der Waals surface area contributed by atoms with E-state index in [4.69, 9.17) is 5.73 Å². The third kappa shape index (κ3) is 6.12. The van der Waals surface area contributed by atoms with E-state index < -0.39 is 45.0 Å². The van der Waals surface area contributed by atoms with Crippen molar-refractivity contribution in [3.05, 3.63) is 84.9 Å². The van der Waals surface area contributed by atoms with Gasteiger partial charge in [0, 0.05) is 27.2 Å². The Morgan fingerprint density at radius 3 is 1.65 bits per heavy atom. The molecule has 0 amide bonds. The van der Waals surface area contributed by atoms with Crippen LogP contribution in [0.15, 0.2) is 120 Å². The Hall–Kier alpha value is -4.65.